The second-order valence-electron chi connectivity index (χ2n) is 3.98. The molecule has 0 aromatic heterocycles. The van der Waals surface area contributed by atoms with Crippen LogP contribution in [0.25, 0.3) is 0 Å². The van der Waals surface area contributed by atoms with Crippen molar-refractivity contribution in [1.29, 1.82) is 0 Å². The van der Waals surface area contributed by atoms with E-state index in [1.54, 1.807) is 24.3 Å². The Balaban J connectivity index is 2.37. The second kappa shape index (κ2) is 6.28. The Bertz CT molecular complexity index is 753. The van der Waals surface area contributed by atoms with E-state index in [9.17, 15) is 13.2 Å². The molecule has 0 N–H and O–H groups in total. The monoisotopic (exact) mass is 370 g/mol. The highest BCUT2D eigenvalue weighted by molar-refractivity contribution is 9.10. The molecule has 110 valence electrons. The van der Waals surface area contributed by atoms with Crippen LogP contribution < -0.4 is 4.18 Å². The molecule has 7 heteroatoms. The third kappa shape index (κ3) is 3.62. The van der Waals surface area contributed by atoms with Crippen LogP contribution in [-0.2, 0) is 14.9 Å². The second-order valence-corrected chi connectivity index (χ2v) is 6.44. The topological polar surface area (TPSA) is 69.7 Å². The van der Waals surface area contributed by atoms with Crippen molar-refractivity contribution >= 4 is 32.0 Å². The Morgan fingerprint density at radius 1 is 1.05 bits per heavy atom. The SMILES string of the molecule is COC(=O)c1ccccc1OS(=O)(=O)c1ccc(Br)cc1. The summed E-state index contributed by atoms with van der Waals surface area (Å²) in [4.78, 5) is 11.6. The number of halogens is 1. The van der Waals surface area contributed by atoms with E-state index in [2.05, 4.69) is 20.7 Å². The average Bonchev–Trinajstić information content (AvgIpc) is 2.47. The first-order valence-corrected chi connectivity index (χ1v) is 8.01. The largest absolute Gasteiger partial charge is 0.465 e. The zero-order chi connectivity index (χ0) is 15.5. The fraction of sp³-hybridized carbons (Fsp3) is 0.0714. The lowest BCUT2D eigenvalue weighted by Gasteiger charge is -2.10. The van der Waals surface area contributed by atoms with Crippen LogP contribution >= 0.6 is 15.9 Å². The van der Waals surface area contributed by atoms with Crippen LogP contribution in [0.5, 0.6) is 5.75 Å². The molecule has 0 unspecified atom stereocenters. The van der Waals surface area contributed by atoms with Crippen molar-refractivity contribution < 1.29 is 22.1 Å². The minimum atomic E-state index is -4.02. The molecule has 0 saturated heterocycles. The maximum Gasteiger partial charge on any atom is 0.341 e. The molecule has 0 heterocycles. The zero-order valence-electron chi connectivity index (χ0n) is 10.9. The van der Waals surface area contributed by atoms with Gasteiger partial charge < -0.3 is 8.92 Å². The molecular formula is C14H11BrO5S. The van der Waals surface area contributed by atoms with Gasteiger partial charge in [-0.15, -0.1) is 0 Å². The number of carbonyl (C=O) groups excluding carboxylic acids is 1. The van der Waals surface area contributed by atoms with E-state index in [0.717, 1.165) is 4.47 Å². The lowest BCUT2D eigenvalue weighted by molar-refractivity contribution is 0.0599. The van der Waals surface area contributed by atoms with Gasteiger partial charge in [-0.2, -0.15) is 8.42 Å². The van der Waals surface area contributed by atoms with E-state index in [0.29, 0.717) is 0 Å². The molecule has 0 atom stereocenters. The van der Waals surface area contributed by atoms with Gasteiger partial charge in [0.05, 0.1) is 7.11 Å². The minimum Gasteiger partial charge on any atom is -0.465 e. The average molecular weight is 371 g/mol. The standard InChI is InChI=1S/C14H11BrO5S/c1-19-14(16)12-4-2-3-5-13(12)20-21(17,18)11-8-6-10(15)7-9-11/h2-9H,1H3. The number of rotatable bonds is 4. The molecule has 0 amide bonds. The molecule has 0 aliphatic carbocycles. The van der Waals surface area contributed by atoms with Gasteiger partial charge in [0.2, 0.25) is 0 Å². The molecular weight excluding hydrogens is 360 g/mol. The van der Waals surface area contributed by atoms with E-state index in [-0.39, 0.29) is 16.2 Å². The normalized spacial score (nSPS) is 11.0. The first-order chi connectivity index (χ1) is 9.94. The molecule has 2 rings (SSSR count). The van der Waals surface area contributed by atoms with Gasteiger partial charge in [0.15, 0.2) is 5.75 Å². The molecule has 0 bridgehead atoms. The van der Waals surface area contributed by atoms with Gasteiger partial charge in [0, 0.05) is 4.47 Å². The molecule has 0 radical (unpaired) electrons. The Kier molecular flexibility index (Phi) is 4.64. The predicted octanol–water partition coefficient (Wildman–Crippen LogP) is 3.00. The van der Waals surface area contributed by atoms with Crippen molar-refractivity contribution in [2.24, 2.45) is 0 Å². The number of esters is 1. The zero-order valence-corrected chi connectivity index (χ0v) is 13.3. The molecule has 0 saturated carbocycles. The van der Waals surface area contributed by atoms with Gasteiger partial charge in [0.1, 0.15) is 10.5 Å². The summed E-state index contributed by atoms with van der Waals surface area (Å²) in [7, 11) is -2.81. The molecule has 21 heavy (non-hydrogen) atoms. The molecule has 0 aliphatic heterocycles. The number of hydrogen-bond donors (Lipinski definition) is 0. The van der Waals surface area contributed by atoms with Crippen molar-refractivity contribution in [3.8, 4) is 5.75 Å². The van der Waals surface area contributed by atoms with E-state index in [1.807, 2.05) is 0 Å². The summed E-state index contributed by atoms with van der Waals surface area (Å²) in [5, 5.41) is 0. The van der Waals surface area contributed by atoms with Gasteiger partial charge in [0.25, 0.3) is 0 Å². The van der Waals surface area contributed by atoms with Crippen molar-refractivity contribution in [3.63, 3.8) is 0 Å². The lowest BCUT2D eigenvalue weighted by Crippen LogP contribution is -2.13. The molecule has 5 nitrogen and oxygen atoms in total. The summed E-state index contributed by atoms with van der Waals surface area (Å²) >= 11 is 3.22. The smallest absolute Gasteiger partial charge is 0.341 e. The number of carbonyl (C=O) groups is 1. The third-order valence-electron chi connectivity index (χ3n) is 2.59. The van der Waals surface area contributed by atoms with Crippen LogP contribution in [0.15, 0.2) is 57.9 Å². The predicted molar refractivity (Wildman–Crippen MR) is 79.7 cm³/mol. The van der Waals surface area contributed by atoms with Gasteiger partial charge in [-0.3, -0.25) is 0 Å². The van der Waals surface area contributed by atoms with Crippen molar-refractivity contribution in [2.45, 2.75) is 4.90 Å². The fourth-order valence-corrected chi connectivity index (χ4v) is 2.80. The molecule has 0 spiro atoms. The summed E-state index contributed by atoms with van der Waals surface area (Å²) in [6.07, 6.45) is 0. The molecule has 0 aliphatic rings. The number of benzene rings is 2. The number of para-hydroxylation sites is 1. The highest BCUT2D eigenvalue weighted by atomic mass is 79.9. The molecule has 2 aromatic rings. The minimum absolute atomic E-state index is 0.00892. The lowest BCUT2D eigenvalue weighted by atomic mass is 10.2. The molecule has 2 aromatic carbocycles. The van der Waals surface area contributed by atoms with Crippen LogP contribution in [0.4, 0.5) is 0 Å². The van der Waals surface area contributed by atoms with Crippen molar-refractivity contribution in [1.82, 2.24) is 0 Å². The van der Waals surface area contributed by atoms with Crippen LogP contribution in [0, 0.1) is 0 Å². The van der Waals surface area contributed by atoms with Gasteiger partial charge in [-0.1, -0.05) is 28.1 Å². The van der Waals surface area contributed by atoms with Crippen molar-refractivity contribution in [2.75, 3.05) is 7.11 Å². The number of ether oxygens (including phenoxy) is 1. The Morgan fingerprint density at radius 3 is 2.29 bits per heavy atom. The highest BCUT2D eigenvalue weighted by Crippen LogP contribution is 2.24. The first kappa shape index (κ1) is 15.5. The van der Waals surface area contributed by atoms with Gasteiger partial charge in [-0.05, 0) is 36.4 Å². The summed E-state index contributed by atoms with van der Waals surface area (Å²) in [6, 6.07) is 12.0. The summed E-state index contributed by atoms with van der Waals surface area (Å²) in [5.74, 6) is -0.746. The Morgan fingerprint density at radius 2 is 1.67 bits per heavy atom. The van der Waals surface area contributed by atoms with E-state index >= 15 is 0 Å². The Hall–Kier alpha value is -1.86. The van der Waals surface area contributed by atoms with Gasteiger partial charge >= 0.3 is 16.1 Å². The quantitative estimate of drug-likeness (QED) is 0.611. The maximum absolute atomic E-state index is 12.2. The van der Waals surface area contributed by atoms with Crippen LogP contribution in [0.2, 0.25) is 0 Å². The Labute approximate surface area is 130 Å². The molecule has 0 fully saturated rings. The summed E-state index contributed by atoms with van der Waals surface area (Å²) < 4.78 is 34.8. The van der Waals surface area contributed by atoms with E-state index in [1.165, 1.54) is 31.4 Å². The summed E-state index contributed by atoms with van der Waals surface area (Å²) in [5.41, 5.74) is 0.0423. The van der Waals surface area contributed by atoms with Crippen LogP contribution in [0.3, 0.4) is 0 Å². The number of hydrogen-bond acceptors (Lipinski definition) is 5. The third-order valence-corrected chi connectivity index (χ3v) is 4.37. The van der Waals surface area contributed by atoms with Crippen LogP contribution in [-0.4, -0.2) is 21.5 Å². The van der Waals surface area contributed by atoms with E-state index in [4.69, 9.17) is 4.18 Å². The number of methoxy groups -OCH3 is 1. The highest BCUT2D eigenvalue weighted by Gasteiger charge is 2.21. The summed E-state index contributed by atoms with van der Waals surface area (Å²) in [6.45, 7) is 0. The van der Waals surface area contributed by atoms with Gasteiger partial charge in [-0.25, -0.2) is 4.79 Å². The van der Waals surface area contributed by atoms with E-state index < -0.39 is 16.1 Å². The van der Waals surface area contributed by atoms with Crippen molar-refractivity contribution in [3.05, 3.63) is 58.6 Å². The van der Waals surface area contributed by atoms with Crippen LogP contribution in [0.1, 0.15) is 10.4 Å². The first-order valence-electron chi connectivity index (χ1n) is 5.81. The fourth-order valence-electron chi connectivity index (χ4n) is 1.59. The maximum atomic E-state index is 12.2.